The van der Waals surface area contributed by atoms with Crippen LogP contribution < -0.4 is 4.74 Å². The van der Waals surface area contributed by atoms with Crippen molar-refractivity contribution in [3.63, 3.8) is 0 Å². The van der Waals surface area contributed by atoms with Crippen molar-refractivity contribution in [1.29, 1.82) is 0 Å². The van der Waals surface area contributed by atoms with Gasteiger partial charge in [0.05, 0.1) is 17.1 Å². The van der Waals surface area contributed by atoms with Gasteiger partial charge in [-0.3, -0.25) is 10.1 Å². The number of nitro groups is 1. The number of carbonyl (C=O) groups excluding carboxylic acids is 2. The number of carbonyl (C=O) groups is 2. The molecule has 0 aliphatic carbocycles. The van der Waals surface area contributed by atoms with Gasteiger partial charge in [-0.1, -0.05) is 42.5 Å². The first-order chi connectivity index (χ1) is 14.0. The van der Waals surface area contributed by atoms with E-state index in [-0.39, 0.29) is 23.6 Å². The van der Waals surface area contributed by atoms with Gasteiger partial charge in [0.15, 0.2) is 0 Å². The summed E-state index contributed by atoms with van der Waals surface area (Å²) in [6.45, 7) is 0.247. The Bertz CT molecular complexity index is 1010. The summed E-state index contributed by atoms with van der Waals surface area (Å²) >= 11 is 0. The molecule has 0 fully saturated rings. The number of ether oxygens (including phenoxy) is 2. The van der Waals surface area contributed by atoms with E-state index < -0.39 is 16.9 Å². The van der Waals surface area contributed by atoms with Crippen molar-refractivity contribution in [2.75, 3.05) is 6.61 Å². The van der Waals surface area contributed by atoms with Gasteiger partial charge in [0.25, 0.3) is 5.69 Å². The van der Waals surface area contributed by atoms with Gasteiger partial charge in [0, 0.05) is 12.5 Å². The Morgan fingerprint density at radius 2 is 1.48 bits per heavy atom. The van der Waals surface area contributed by atoms with Gasteiger partial charge >= 0.3 is 11.9 Å². The molecule has 0 spiro atoms. The number of hydrogen-bond acceptors (Lipinski definition) is 6. The van der Waals surface area contributed by atoms with E-state index in [1.165, 1.54) is 48.5 Å². The van der Waals surface area contributed by atoms with Crippen LogP contribution in [0.4, 0.5) is 5.69 Å². The molecular weight excluding hydrogens is 374 g/mol. The van der Waals surface area contributed by atoms with E-state index in [1.807, 2.05) is 30.3 Å². The monoisotopic (exact) mass is 391 g/mol. The molecule has 0 heterocycles. The predicted molar refractivity (Wildman–Crippen MR) is 105 cm³/mol. The summed E-state index contributed by atoms with van der Waals surface area (Å²) in [5, 5.41) is 11.0. The second-order valence-electron chi connectivity index (χ2n) is 6.06. The molecule has 0 unspecified atom stereocenters. The van der Waals surface area contributed by atoms with Crippen LogP contribution in [0.1, 0.15) is 26.3 Å². The van der Waals surface area contributed by atoms with Crippen molar-refractivity contribution in [2.24, 2.45) is 0 Å². The Kier molecular flexibility index (Phi) is 6.32. The summed E-state index contributed by atoms with van der Waals surface area (Å²) in [5.74, 6) is -1.18. The highest BCUT2D eigenvalue weighted by molar-refractivity contribution is 5.95. The number of rotatable bonds is 7. The molecule has 3 aromatic carbocycles. The van der Waals surface area contributed by atoms with Crippen LogP contribution >= 0.6 is 0 Å². The minimum atomic E-state index is -0.851. The van der Waals surface area contributed by atoms with Crippen molar-refractivity contribution in [1.82, 2.24) is 0 Å². The average molecular weight is 391 g/mol. The molecule has 7 nitrogen and oxygen atoms in total. The van der Waals surface area contributed by atoms with Crippen LogP contribution in [0.3, 0.4) is 0 Å². The Hall–Kier alpha value is -4.00. The second-order valence-corrected chi connectivity index (χ2v) is 6.06. The topological polar surface area (TPSA) is 95.7 Å². The van der Waals surface area contributed by atoms with E-state index in [2.05, 4.69) is 0 Å². The summed E-state index contributed by atoms with van der Waals surface area (Å²) in [6, 6.07) is 21.0. The molecule has 0 N–H and O–H groups in total. The fourth-order valence-corrected chi connectivity index (χ4v) is 2.62. The summed E-state index contributed by atoms with van der Waals surface area (Å²) in [4.78, 5) is 34.7. The zero-order valence-electron chi connectivity index (χ0n) is 15.3. The van der Waals surface area contributed by atoms with Crippen LogP contribution in [-0.2, 0) is 11.2 Å². The van der Waals surface area contributed by atoms with E-state index >= 15 is 0 Å². The summed E-state index contributed by atoms with van der Waals surface area (Å²) in [6.07, 6.45) is 0.609. The molecule has 0 atom stereocenters. The molecule has 29 heavy (non-hydrogen) atoms. The highest BCUT2D eigenvalue weighted by Crippen LogP contribution is 2.21. The Morgan fingerprint density at radius 1 is 0.828 bits per heavy atom. The largest absolute Gasteiger partial charge is 0.462 e. The van der Waals surface area contributed by atoms with Crippen LogP contribution in [0.2, 0.25) is 0 Å². The zero-order chi connectivity index (χ0) is 20.6. The van der Waals surface area contributed by atoms with Crippen molar-refractivity contribution in [3.05, 3.63) is 106 Å². The number of benzene rings is 3. The quantitative estimate of drug-likeness (QED) is 0.259. The molecule has 0 aromatic heterocycles. The van der Waals surface area contributed by atoms with Crippen LogP contribution in [0.25, 0.3) is 0 Å². The zero-order valence-corrected chi connectivity index (χ0v) is 15.3. The van der Waals surface area contributed by atoms with Gasteiger partial charge in [-0.2, -0.15) is 0 Å². The molecule has 0 saturated heterocycles. The first-order valence-corrected chi connectivity index (χ1v) is 8.81. The standard InChI is InChI=1S/C22H17NO6/c24-21(28-15-14-16-6-2-1-3-7-16)17-10-12-18(13-11-17)29-22(25)19-8-4-5-9-20(19)23(26)27/h1-13H,14-15H2. The molecule has 0 bridgehead atoms. The number of hydrogen-bond donors (Lipinski definition) is 0. The van der Waals surface area contributed by atoms with Gasteiger partial charge in [-0.05, 0) is 35.9 Å². The highest BCUT2D eigenvalue weighted by atomic mass is 16.6. The Labute approximate surface area is 166 Å². The second kappa shape index (κ2) is 9.27. The lowest BCUT2D eigenvalue weighted by Crippen LogP contribution is -2.11. The minimum absolute atomic E-state index is 0.151. The third kappa shape index (κ3) is 5.26. The fourth-order valence-electron chi connectivity index (χ4n) is 2.62. The van der Waals surface area contributed by atoms with Crippen LogP contribution in [0.15, 0.2) is 78.9 Å². The van der Waals surface area contributed by atoms with Gasteiger partial charge in [0.1, 0.15) is 11.3 Å². The molecule has 0 radical (unpaired) electrons. The highest BCUT2D eigenvalue weighted by Gasteiger charge is 2.21. The van der Waals surface area contributed by atoms with Gasteiger partial charge in [-0.25, -0.2) is 9.59 Å². The molecule has 3 rings (SSSR count). The molecule has 7 heteroatoms. The first kappa shape index (κ1) is 19.8. The lowest BCUT2D eigenvalue weighted by molar-refractivity contribution is -0.385. The van der Waals surface area contributed by atoms with Crippen molar-refractivity contribution < 1.29 is 24.0 Å². The third-order valence-electron chi connectivity index (χ3n) is 4.09. The maximum Gasteiger partial charge on any atom is 0.350 e. The molecule has 0 aliphatic rings. The lowest BCUT2D eigenvalue weighted by atomic mass is 10.2. The SMILES string of the molecule is O=C(OCCc1ccccc1)c1ccc(OC(=O)c2ccccc2[N+](=O)[O-])cc1. The van der Waals surface area contributed by atoms with E-state index in [0.717, 1.165) is 5.56 Å². The number of esters is 2. The fraction of sp³-hybridized carbons (Fsp3) is 0.0909. The lowest BCUT2D eigenvalue weighted by Gasteiger charge is -2.07. The molecule has 0 amide bonds. The third-order valence-corrected chi connectivity index (χ3v) is 4.09. The van der Waals surface area contributed by atoms with Gasteiger partial charge in [-0.15, -0.1) is 0 Å². The van der Waals surface area contributed by atoms with E-state index in [4.69, 9.17) is 9.47 Å². The molecular formula is C22H17NO6. The number of para-hydroxylation sites is 1. The van der Waals surface area contributed by atoms with Crippen molar-refractivity contribution >= 4 is 17.6 Å². The van der Waals surface area contributed by atoms with E-state index in [0.29, 0.717) is 12.0 Å². The number of nitrogens with zero attached hydrogens (tertiary/aromatic N) is 1. The molecule has 0 aliphatic heterocycles. The Balaban J connectivity index is 1.58. The normalized spacial score (nSPS) is 10.2. The van der Waals surface area contributed by atoms with Gasteiger partial charge in [0.2, 0.25) is 0 Å². The van der Waals surface area contributed by atoms with Crippen LogP contribution in [0.5, 0.6) is 5.75 Å². The summed E-state index contributed by atoms with van der Waals surface area (Å²) in [7, 11) is 0. The molecule has 3 aromatic rings. The van der Waals surface area contributed by atoms with E-state index in [9.17, 15) is 19.7 Å². The van der Waals surface area contributed by atoms with Gasteiger partial charge < -0.3 is 9.47 Å². The molecule has 146 valence electrons. The maximum absolute atomic E-state index is 12.2. The van der Waals surface area contributed by atoms with E-state index in [1.54, 1.807) is 0 Å². The minimum Gasteiger partial charge on any atom is -0.462 e. The van der Waals surface area contributed by atoms with Crippen LogP contribution in [-0.4, -0.2) is 23.5 Å². The Morgan fingerprint density at radius 3 is 2.17 bits per heavy atom. The summed E-state index contributed by atoms with van der Waals surface area (Å²) in [5.41, 5.74) is 0.888. The first-order valence-electron chi connectivity index (χ1n) is 8.81. The van der Waals surface area contributed by atoms with Crippen molar-refractivity contribution in [3.8, 4) is 5.75 Å². The smallest absolute Gasteiger partial charge is 0.350 e. The number of nitro benzene ring substituents is 1. The van der Waals surface area contributed by atoms with Crippen LogP contribution in [0, 0.1) is 10.1 Å². The summed E-state index contributed by atoms with van der Waals surface area (Å²) < 4.78 is 10.4. The maximum atomic E-state index is 12.2. The average Bonchev–Trinajstić information content (AvgIpc) is 2.75. The van der Waals surface area contributed by atoms with Crippen molar-refractivity contribution in [2.45, 2.75) is 6.42 Å². The predicted octanol–water partition coefficient (Wildman–Crippen LogP) is 4.21. The molecule has 0 saturated carbocycles.